The minimum absolute atomic E-state index is 0.00116. The van der Waals surface area contributed by atoms with Gasteiger partial charge in [0.1, 0.15) is 0 Å². The Morgan fingerprint density at radius 2 is 1.64 bits per heavy atom. The first-order chi connectivity index (χ1) is 15.7. The number of aromatic nitrogens is 2. The second kappa shape index (κ2) is 8.99. The Morgan fingerprint density at radius 1 is 1.00 bits per heavy atom. The average molecular weight is 466 g/mol. The number of benzene rings is 2. The van der Waals surface area contributed by atoms with Crippen LogP contribution in [0.4, 0.5) is 17.3 Å². The van der Waals surface area contributed by atoms with E-state index in [0.717, 1.165) is 5.69 Å². The summed E-state index contributed by atoms with van der Waals surface area (Å²) in [5.41, 5.74) is 2.49. The van der Waals surface area contributed by atoms with Crippen molar-refractivity contribution in [1.29, 1.82) is 0 Å². The fraction of sp³-hybridized carbons (Fsp3) is 0.217. The number of hydrogen-bond donors (Lipinski definition) is 2. The Morgan fingerprint density at radius 3 is 2.27 bits per heavy atom. The molecule has 0 spiro atoms. The maximum absolute atomic E-state index is 12.7. The average Bonchev–Trinajstić information content (AvgIpc) is 3.15. The monoisotopic (exact) mass is 465 g/mol. The summed E-state index contributed by atoms with van der Waals surface area (Å²) in [6, 6.07) is 16.7. The van der Waals surface area contributed by atoms with Gasteiger partial charge in [0.05, 0.1) is 10.8 Å². The van der Waals surface area contributed by atoms with Crippen molar-refractivity contribution >= 4 is 39.2 Å². The molecule has 2 aromatic carbocycles. The lowest BCUT2D eigenvalue weighted by molar-refractivity contribution is -0.122. The van der Waals surface area contributed by atoms with Gasteiger partial charge >= 0.3 is 0 Å². The van der Waals surface area contributed by atoms with E-state index >= 15 is 0 Å². The number of rotatable bonds is 6. The molecule has 170 valence electrons. The first-order valence-corrected chi connectivity index (χ1v) is 11.8. The molecule has 2 N–H and O–H groups in total. The molecule has 0 unspecified atom stereocenters. The number of carbonyl (C=O) groups is 2. The third-order valence-corrected chi connectivity index (χ3v) is 6.55. The maximum atomic E-state index is 12.7. The Kier molecular flexibility index (Phi) is 6.10. The summed E-state index contributed by atoms with van der Waals surface area (Å²) in [5, 5.41) is 2.76. The van der Waals surface area contributed by atoms with E-state index in [1.54, 1.807) is 24.8 Å². The van der Waals surface area contributed by atoms with Crippen LogP contribution in [0.5, 0.6) is 0 Å². The number of para-hydroxylation sites is 1. The number of carbonyl (C=O) groups excluding carboxylic acids is 2. The van der Waals surface area contributed by atoms with Gasteiger partial charge in [-0.05, 0) is 56.3 Å². The molecule has 0 saturated carbocycles. The van der Waals surface area contributed by atoms with Gasteiger partial charge in [0.2, 0.25) is 17.8 Å². The number of hydrogen-bond acceptors (Lipinski definition) is 6. The molecule has 1 aliphatic rings. The molecule has 1 atom stereocenters. The van der Waals surface area contributed by atoms with E-state index < -0.39 is 15.9 Å². The van der Waals surface area contributed by atoms with E-state index in [1.807, 2.05) is 30.3 Å². The van der Waals surface area contributed by atoms with Crippen LogP contribution in [0.1, 0.15) is 17.8 Å². The smallest absolute Gasteiger partial charge is 0.264 e. The molecule has 3 aromatic rings. The molecule has 4 rings (SSSR count). The number of amides is 2. The van der Waals surface area contributed by atoms with Crippen LogP contribution in [0.2, 0.25) is 0 Å². The number of aryl methyl sites for hydroxylation is 2. The third-order valence-electron chi connectivity index (χ3n) is 5.20. The molecule has 33 heavy (non-hydrogen) atoms. The first-order valence-electron chi connectivity index (χ1n) is 10.3. The maximum Gasteiger partial charge on any atom is 0.264 e. The molecule has 1 saturated heterocycles. The Bertz CT molecular complexity index is 1270. The predicted octanol–water partition coefficient (Wildman–Crippen LogP) is 2.89. The van der Waals surface area contributed by atoms with Crippen LogP contribution in [-0.2, 0) is 19.6 Å². The minimum atomic E-state index is -3.89. The van der Waals surface area contributed by atoms with Crippen molar-refractivity contribution in [2.24, 2.45) is 5.92 Å². The minimum Gasteiger partial charge on any atom is -0.326 e. The molecule has 0 bridgehead atoms. The fourth-order valence-corrected chi connectivity index (χ4v) is 4.60. The Balaban J connectivity index is 1.41. The van der Waals surface area contributed by atoms with Crippen molar-refractivity contribution in [3.05, 3.63) is 72.1 Å². The standard InChI is InChI=1S/C23H23N5O4S/c1-15-12-16(2)25-23(24-15)27-33(31,32)20-10-8-18(9-11-20)26-22(30)17-13-21(29)28(14-17)19-6-4-3-5-7-19/h3-12,17H,13-14H2,1-2H3,(H,26,30)(H,24,25,27)/t17-/m0/s1. The molecule has 2 heterocycles. The quantitative estimate of drug-likeness (QED) is 0.577. The third kappa shape index (κ3) is 5.17. The number of sulfonamides is 1. The lowest BCUT2D eigenvalue weighted by Crippen LogP contribution is -2.28. The van der Waals surface area contributed by atoms with Gasteiger partial charge in [0.15, 0.2) is 0 Å². The molecule has 9 nitrogen and oxygen atoms in total. The predicted molar refractivity (Wildman–Crippen MR) is 124 cm³/mol. The fourth-order valence-electron chi connectivity index (χ4n) is 3.65. The lowest BCUT2D eigenvalue weighted by atomic mass is 10.1. The zero-order valence-electron chi connectivity index (χ0n) is 18.1. The van der Waals surface area contributed by atoms with E-state index in [1.165, 1.54) is 24.3 Å². The van der Waals surface area contributed by atoms with Crippen LogP contribution in [0.3, 0.4) is 0 Å². The summed E-state index contributed by atoms with van der Waals surface area (Å²) < 4.78 is 27.7. The topological polar surface area (TPSA) is 121 Å². The molecular weight excluding hydrogens is 442 g/mol. The van der Waals surface area contributed by atoms with Crippen molar-refractivity contribution in [2.75, 3.05) is 21.5 Å². The highest BCUT2D eigenvalue weighted by molar-refractivity contribution is 7.92. The highest BCUT2D eigenvalue weighted by Crippen LogP contribution is 2.26. The van der Waals surface area contributed by atoms with Crippen molar-refractivity contribution in [2.45, 2.75) is 25.2 Å². The van der Waals surface area contributed by atoms with E-state index in [4.69, 9.17) is 0 Å². The first kappa shape index (κ1) is 22.4. The van der Waals surface area contributed by atoms with Gasteiger partial charge in [0, 0.05) is 35.7 Å². The number of nitrogens with one attached hydrogen (secondary N) is 2. The summed E-state index contributed by atoms with van der Waals surface area (Å²) in [6.45, 7) is 3.79. The lowest BCUT2D eigenvalue weighted by Gasteiger charge is -2.16. The van der Waals surface area contributed by atoms with Crippen LogP contribution in [-0.4, -0.2) is 36.7 Å². The highest BCUT2D eigenvalue weighted by atomic mass is 32.2. The van der Waals surface area contributed by atoms with Gasteiger partial charge in [-0.3, -0.25) is 9.59 Å². The molecule has 1 aromatic heterocycles. The number of nitrogens with zero attached hydrogens (tertiary/aromatic N) is 3. The highest BCUT2D eigenvalue weighted by Gasteiger charge is 2.35. The van der Waals surface area contributed by atoms with Gasteiger partial charge in [0.25, 0.3) is 10.0 Å². The summed E-state index contributed by atoms with van der Waals surface area (Å²) in [4.78, 5) is 34.8. The molecule has 10 heteroatoms. The zero-order valence-corrected chi connectivity index (χ0v) is 19.0. The van der Waals surface area contributed by atoms with E-state index in [2.05, 4.69) is 20.0 Å². The van der Waals surface area contributed by atoms with Gasteiger partial charge < -0.3 is 10.2 Å². The van der Waals surface area contributed by atoms with Gasteiger partial charge in [-0.1, -0.05) is 18.2 Å². The summed E-state index contributed by atoms with van der Waals surface area (Å²) in [6.07, 6.45) is 0.118. The molecule has 0 aliphatic carbocycles. The normalized spacial score (nSPS) is 16.0. The Hall–Kier alpha value is -3.79. The van der Waals surface area contributed by atoms with Crippen LogP contribution in [0.25, 0.3) is 0 Å². The molecule has 0 radical (unpaired) electrons. The summed E-state index contributed by atoms with van der Waals surface area (Å²) in [5.74, 6) is -0.898. The van der Waals surface area contributed by atoms with Crippen LogP contribution >= 0.6 is 0 Å². The van der Waals surface area contributed by atoms with E-state index in [9.17, 15) is 18.0 Å². The van der Waals surface area contributed by atoms with Crippen molar-refractivity contribution in [3.63, 3.8) is 0 Å². The molecule has 1 aliphatic heterocycles. The van der Waals surface area contributed by atoms with Crippen LogP contribution in [0.15, 0.2) is 65.6 Å². The largest absolute Gasteiger partial charge is 0.326 e. The van der Waals surface area contributed by atoms with Crippen molar-refractivity contribution in [1.82, 2.24) is 9.97 Å². The van der Waals surface area contributed by atoms with Crippen molar-refractivity contribution < 1.29 is 18.0 Å². The second-order valence-corrected chi connectivity index (χ2v) is 9.52. The van der Waals surface area contributed by atoms with E-state index in [-0.39, 0.29) is 29.1 Å². The van der Waals surface area contributed by atoms with Gasteiger partial charge in [-0.2, -0.15) is 0 Å². The Labute approximate surface area is 191 Å². The molecule has 2 amide bonds. The van der Waals surface area contributed by atoms with Crippen LogP contribution in [0, 0.1) is 19.8 Å². The summed E-state index contributed by atoms with van der Waals surface area (Å²) in [7, 11) is -3.89. The summed E-state index contributed by atoms with van der Waals surface area (Å²) >= 11 is 0. The SMILES string of the molecule is Cc1cc(C)nc(NS(=O)(=O)c2ccc(NC(=O)[C@H]3CC(=O)N(c4ccccc4)C3)cc2)n1. The van der Waals surface area contributed by atoms with Crippen LogP contribution < -0.4 is 14.9 Å². The second-order valence-electron chi connectivity index (χ2n) is 7.83. The number of anilines is 3. The molecular formula is C23H23N5O4S. The zero-order chi connectivity index (χ0) is 23.6. The molecule has 1 fully saturated rings. The van der Waals surface area contributed by atoms with E-state index in [0.29, 0.717) is 23.6 Å². The van der Waals surface area contributed by atoms with Gasteiger partial charge in [-0.15, -0.1) is 0 Å². The van der Waals surface area contributed by atoms with Crippen molar-refractivity contribution in [3.8, 4) is 0 Å². The van der Waals surface area contributed by atoms with Gasteiger partial charge in [-0.25, -0.2) is 23.1 Å².